The Labute approximate surface area is 193 Å². The molecule has 10 heteroatoms. The Bertz CT molecular complexity index is 1220. The molecule has 32 heavy (non-hydrogen) atoms. The summed E-state index contributed by atoms with van der Waals surface area (Å²) in [6, 6.07) is 15.7. The van der Waals surface area contributed by atoms with Crippen molar-refractivity contribution in [2.24, 2.45) is 0 Å². The number of nitrogens with zero attached hydrogens (tertiary/aromatic N) is 5. The van der Waals surface area contributed by atoms with E-state index in [4.69, 9.17) is 0 Å². The van der Waals surface area contributed by atoms with Crippen LogP contribution in [0.25, 0.3) is 17.1 Å². The van der Waals surface area contributed by atoms with Crippen molar-refractivity contribution in [3.05, 3.63) is 65.4 Å². The number of carbonyl (C=O) groups is 1. The Morgan fingerprint density at radius 2 is 1.75 bits per heavy atom. The molecule has 0 aliphatic rings. The largest absolute Gasteiger partial charge is 0.300 e. The lowest BCUT2D eigenvalue weighted by molar-refractivity contribution is -0.113. The summed E-state index contributed by atoms with van der Waals surface area (Å²) in [5.74, 6) is 0.159. The zero-order valence-electron chi connectivity index (χ0n) is 17.7. The van der Waals surface area contributed by atoms with Crippen LogP contribution in [0.15, 0.2) is 59.8 Å². The van der Waals surface area contributed by atoms with Gasteiger partial charge in [0.25, 0.3) is 0 Å². The summed E-state index contributed by atoms with van der Waals surface area (Å²) in [6.07, 6.45) is 0. The van der Waals surface area contributed by atoms with E-state index in [0.717, 1.165) is 16.3 Å². The molecule has 0 radical (unpaired) electrons. The van der Waals surface area contributed by atoms with Gasteiger partial charge in [0, 0.05) is 16.7 Å². The predicted molar refractivity (Wildman–Crippen MR) is 125 cm³/mol. The van der Waals surface area contributed by atoms with Gasteiger partial charge in [0.1, 0.15) is 10.8 Å². The van der Waals surface area contributed by atoms with E-state index >= 15 is 0 Å². The number of amides is 1. The standard InChI is InChI=1S/C22H21FN6OS2/c1-22(2,3)19-26-27-20(32-19)24-17(30)13-31-21-28-25-18(14-9-11-15(23)12-10-14)29(21)16-7-5-4-6-8-16/h4-12H,13H2,1-3H3,(H,24,27,30). The van der Waals surface area contributed by atoms with Crippen molar-refractivity contribution in [1.29, 1.82) is 0 Å². The lowest BCUT2D eigenvalue weighted by Gasteiger charge is -2.12. The van der Waals surface area contributed by atoms with Crippen molar-refractivity contribution in [3.63, 3.8) is 0 Å². The maximum atomic E-state index is 13.4. The molecule has 0 aliphatic heterocycles. The molecular weight excluding hydrogens is 447 g/mol. The van der Waals surface area contributed by atoms with Crippen LogP contribution in [0.1, 0.15) is 25.8 Å². The lowest BCUT2D eigenvalue weighted by atomic mass is 9.98. The van der Waals surface area contributed by atoms with Crippen LogP contribution in [-0.2, 0) is 10.2 Å². The number of carbonyl (C=O) groups excluding carboxylic acids is 1. The predicted octanol–water partition coefficient (Wildman–Crippen LogP) is 4.95. The summed E-state index contributed by atoms with van der Waals surface area (Å²) in [4.78, 5) is 12.5. The molecule has 0 aliphatic carbocycles. The second-order valence-electron chi connectivity index (χ2n) is 7.98. The number of para-hydroxylation sites is 1. The lowest BCUT2D eigenvalue weighted by Crippen LogP contribution is -2.14. The molecule has 4 rings (SSSR count). The molecule has 0 bridgehead atoms. The second kappa shape index (κ2) is 9.17. The van der Waals surface area contributed by atoms with Crippen LogP contribution < -0.4 is 5.32 Å². The number of anilines is 1. The van der Waals surface area contributed by atoms with E-state index in [2.05, 4.69) is 25.7 Å². The number of halogens is 1. The van der Waals surface area contributed by atoms with Gasteiger partial charge < -0.3 is 0 Å². The van der Waals surface area contributed by atoms with Crippen LogP contribution in [0.5, 0.6) is 0 Å². The third kappa shape index (κ3) is 5.03. The summed E-state index contributed by atoms with van der Waals surface area (Å²) in [5.41, 5.74) is 1.44. The molecule has 164 valence electrons. The molecule has 0 saturated carbocycles. The molecule has 0 unspecified atom stereocenters. The Morgan fingerprint density at radius 1 is 1.03 bits per heavy atom. The molecular formula is C22H21FN6OS2. The van der Waals surface area contributed by atoms with E-state index in [9.17, 15) is 9.18 Å². The van der Waals surface area contributed by atoms with Gasteiger partial charge in [0.05, 0.1) is 5.75 Å². The molecule has 1 N–H and O–H groups in total. The second-order valence-corrected chi connectivity index (χ2v) is 9.90. The number of nitrogens with one attached hydrogen (secondary N) is 1. The van der Waals surface area contributed by atoms with Gasteiger partial charge in [0.15, 0.2) is 11.0 Å². The van der Waals surface area contributed by atoms with Gasteiger partial charge in [0.2, 0.25) is 11.0 Å². The monoisotopic (exact) mass is 468 g/mol. The van der Waals surface area contributed by atoms with Gasteiger partial charge in [-0.15, -0.1) is 20.4 Å². The van der Waals surface area contributed by atoms with E-state index in [-0.39, 0.29) is 22.9 Å². The zero-order valence-corrected chi connectivity index (χ0v) is 19.4. The molecule has 0 spiro atoms. The average Bonchev–Trinajstić information content (AvgIpc) is 3.40. The summed E-state index contributed by atoms with van der Waals surface area (Å²) in [7, 11) is 0. The van der Waals surface area contributed by atoms with Crippen LogP contribution in [0.2, 0.25) is 0 Å². The Balaban J connectivity index is 1.54. The van der Waals surface area contributed by atoms with Crippen molar-refractivity contribution in [2.75, 3.05) is 11.1 Å². The molecule has 0 atom stereocenters. The van der Waals surface area contributed by atoms with Gasteiger partial charge in [-0.3, -0.25) is 14.7 Å². The Kier molecular flexibility index (Phi) is 6.33. The molecule has 2 heterocycles. The molecule has 1 amide bonds. The first kappa shape index (κ1) is 22.1. The highest BCUT2D eigenvalue weighted by molar-refractivity contribution is 7.99. The van der Waals surface area contributed by atoms with E-state index in [1.54, 1.807) is 12.1 Å². The van der Waals surface area contributed by atoms with Gasteiger partial charge in [-0.05, 0) is 36.4 Å². The molecule has 0 saturated heterocycles. The first-order chi connectivity index (χ1) is 15.3. The van der Waals surface area contributed by atoms with Crippen molar-refractivity contribution < 1.29 is 9.18 Å². The van der Waals surface area contributed by atoms with E-state index < -0.39 is 0 Å². The number of hydrogen-bond acceptors (Lipinski definition) is 7. The summed E-state index contributed by atoms with van der Waals surface area (Å²) >= 11 is 2.63. The van der Waals surface area contributed by atoms with Crippen LogP contribution in [0, 0.1) is 5.82 Å². The number of rotatable bonds is 6. The smallest absolute Gasteiger partial charge is 0.236 e. The fraction of sp³-hybridized carbons (Fsp3) is 0.227. The molecule has 2 aromatic carbocycles. The summed E-state index contributed by atoms with van der Waals surface area (Å²) in [6.45, 7) is 6.14. The fourth-order valence-corrected chi connectivity index (χ4v) is 4.39. The quantitative estimate of drug-likeness (QED) is 0.403. The van der Waals surface area contributed by atoms with Crippen molar-refractivity contribution in [1.82, 2.24) is 25.0 Å². The minimum absolute atomic E-state index is 0.124. The minimum Gasteiger partial charge on any atom is -0.300 e. The highest BCUT2D eigenvalue weighted by Crippen LogP contribution is 2.29. The van der Waals surface area contributed by atoms with Crippen LogP contribution in [-0.4, -0.2) is 36.6 Å². The molecule has 4 aromatic rings. The van der Waals surface area contributed by atoms with Crippen molar-refractivity contribution in [3.8, 4) is 17.1 Å². The van der Waals surface area contributed by atoms with Gasteiger partial charge in [-0.25, -0.2) is 4.39 Å². The first-order valence-electron chi connectivity index (χ1n) is 9.85. The minimum atomic E-state index is -0.322. The topological polar surface area (TPSA) is 85.6 Å². The van der Waals surface area contributed by atoms with Gasteiger partial charge in [-0.2, -0.15) is 0 Å². The summed E-state index contributed by atoms with van der Waals surface area (Å²) in [5, 5.41) is 21.5. The SMILES string of the molecule is CC(C)(C)c1nnc(NC(=O)CSc2nnc(-c3ccc(F)cc3)n2-c2ccccc2)s1. The fourth-order valence-electron chi connectivity index (χ4n) is 2.82. The maximum absolute atomic E-state index is 13.4. The maximum Gasteiger partial charge on any atom is 0.236 e. The Hall–Kier alpha value is -3.11. The number of hydrogen-bond donors (Lipinski definition) is 1. The third-order valence-electron chi connectivity index (χ3n) is 4.40. The molecule has 2 aromatic heterocycles. The number of thioether (sulfide) groups is 1. The van der Waals surface area contributed by atoms with Gasteiger partial charge in [-0.1, -0.05) is 62.1 Å². The van der Waals surface area contributed by atoms with Crippen LogP contribution in [0.4, 0.5) is 9.52 Å². The normalized spacial score (nSPS) is 11.5. The molecule has 7 nitrogen and oxygen atoms in total. The number of aromatic nitrogens is 5. The van der Waals surface area contributed by atoms with E-state index in [1.807, 2.05) is 55.7 Å². The van der Waals surface area contributed by atoms with Crippen LogP contribution in [0.3, 0.4) is 0 Å². The number of benzene rings is 2. The van der Waals surface area contributed by atoms with Crippen molar-refractivity contribution in [2.45, 2.75) is 31.3 Å². The van der Waals surface area contributed by atoms with E-state index in [0.29, 0.717) is 16.1 Å². The van der Waals surface area contributed by atoms with Crippen molar-refractivity contribution >= 4 is 34.1 Å². The zero-order chi connectivity index (χ0) is 22.7. The van der Waals surface area contributed by atoms with Gasteiger partial charge >= 0.3 is 0 Å². The Morgan fingerprint density at radius 3 is 2.41 bits per heavy atom. The third-order valence-corrected chi connectivity index (χ3v) is 6.59. The first-order valence-corrected chi connectivity index (χ1v) is 11.6. The van der Waals surface area contributed by atoms with E-state index in [1.165, 1.54) is 35.2 Å². The van der Waals surface area contributed by atoms with Crippen LogP contribution >= 0.6 is 23.1 Å². The average molecular weight is 469 g/mol. The highest BCUT2D eigenvalue weighted by Gasteiger charge is 2.21. The molecule has 0 fully saturated rings. The summed E-state index contributed by atoms with van der Waals surface area (Å²) < 4.78 is 15.2. The highest BCUT2D eigenvalue weighted by atomic mass is 32.2.